The van der Waals surface area contributed by atoms with Crippen LogP contribution in [-0.2, 0) is 20.4 Å². The summed E-state index contributed by atoms with van der Waals surface area (Å²) in [4.78, 5) is 0. The average Bonchev–Trinajstić information content (AvgIpc) is 2.89. The summed E-state index contributed by atoms with van der Waals surface area (Å²) in [6, 6.07) is 22.4. The summed E-state index contributed by atoms with van der Waals surface area (Å²) in [5.41, 5.74) is 3.26. The third-order valence-electron chi connectivity index (χ3n) is 4.99. The summed E-state index contributed by atoms with van der Waals surface area (Å²) in [6.45, 7) is 4.64. The Morgan fingerprint density at radius 2 is 1.33 bits per heavy atom. The predicted molar refractivity (Wildman–Crippen MR) is 103 cm³/mol. The molecule has 0 aromatic heterocycles. The number of halogens is 3. The van der Waals surface area contributed by atoms with E-state index in [9.17, 15) is 0 Å². The maximum atomic E-state index is 2.38. The van der Waals surface area contributed by atoms with Crippen molar-refractivity contribution in [1.29, 1.82) is 0 Å². The standard InChI is InChI=1S/C22H25Si.3ClH.Ti/c1-3-4-11-19-17-22(16-18(19)2)23(20-12-7-5-8-13-20)21-14-9-6-10-15-21;;;;/h5-10,12-15,23H,3-4,11,16H2,1-2H3;3*1H;/q;;;;+3/p-3. The fourth-order valence-corrected chi connectivity index (χ4v) is 8.43. The molecule has 0 radical (unpaired) electrons. The summed E-state index contributed by atoms with van der Waals surface area (Å²) < 4.78 is 1.60. The molecule has 0 fully saturated rings. The minimum Gasteiger partial charge on any atom is -1.00 e. The molecule has 0 heterocycles. The number of allylic oxidation sites excluding steroid dienone is 4. The van der Waals surface area contributed by atoms with Crippen LogP contribution in [0.2, 0.25) is 0 Å². The Labute approximate surface area is 196 Å². The van der Waals surface area contributed by atoms with Crippen molar-refractivity contribution in [2.75, 3.05) is 0 Å². The van der Waals surface area contributed by atoms with Crippen molar-refractivity contribution in [2.45, 2.75) is 39.5 Å². The van der Waals surface area contributed by atoms with Gasteiger partial charge < -0.3 is 37.2 Å². The molecule has 0 spiro atoms. The van der Waals surface area contributed by atoms with Gasteiger partial charge in [-0.1, -0.05) is 0 Å². The van der Waals surface area contributed by atoms with Gasteiger partial charge in [0.1, 0.15) is 0 Å². The minimum absolute atomic E-state index is 0. The van der Waals surface area contributed by atoms with E-state index in [0.29, 0.717) is 0 Å². The Balaban J connectivity index is 0.00000225. The third-order valence-corrected chi connectivity index (χ3v) is 9.70. The van der Waals surface area contributed by atoms with Crippen molar-refractivity contribution in [2.24, 2.45) is 0 Å². The topological polar surface area (TPSA) is 0 Å². The van der Waals surface area contributed by atoms with Gasteiger partial charge in [0.2, 0.25) is 0 Å². The second kappa shape index (κ2) is 13.0. The maximum absolute atomic E-state index is 2.38. The first-order valence-corrected chi connectivity index (χ1v) is 11.5. The molecule has 0 bridgehead atoms. The van der Waals surface area contributed by atoms with Gasteiger partial charge in [0, 0.05) is 0 Å². The van der Waals surface area contributed by atoms with E-state index >= 15 is 0 Å². The Kier molecular flexibility index (Phi) is 12.9. The molecule has 2 aromatic rings. The molecular formula is C22H25Cl3SiTi. The van der Waals surface area contributed by atoms with E-state index in [1.54, 1.807) is 30.6 Å². The van der Waals surface area contributed by atoms with Gasteiger partial charge in [-0.25, -0.2) is 0 Å². The van der Waals surface area contributed by atoms with Crippen LogP contribution in [0.4, 0.5) is 0 Å². The number of unbranched alkanes of at least 4 members (excludes halogenated alkanes) is 1. The zero-order valence-electron chi connectivity index (χ0n) is 15.8. The molecule has 0 aliphatic heterocycles. The van der Waals surface area contributed by atoms with Crippen molar-refractivity contribution < 1.29 is 57.7 Å². The number of rotatable bonds is 6. The van der Waals surface area contributed by atoms with Crippen molar-refractivity contribution in [3.8, 4) is 0 Å². The van der Waals surface area contributed by atoms with E-state index in [4.69, 9.17) is 0 Å². The minimum atomic E-state index is -1.33. The van der Waals surface area contributed by atoms with Gasteiger partial charge in [0.05, 0.1) is 0 Å². The van der Waals surface area contributed by atoms with Crippen LogP contribution in [-0.4, -0.2) is 8.80 Å². The smallest absolute Gasteiger partial charge is 1.00 e. The Morgan fingerprint density at radius 1 is 0.852 bits per heavy atom. The molecule has 0 atom stereocenters. The van der Waals surface area contributed by atoms with E-state index in [1.807, 2.05) is 0 Å². The third kappa shape index (κ3) is 6.36. The second-order valence-electron chi connectivity index (χ2n) is 6.69. The molecule has 27 heavy (non-hydrogen) atoms. The van der Waals surface area contributed by atoms with Gasteiger partial charge in [-0.2, -0.15) is 0 Å². The van der Waals surface area contributed by atoms with E-state index < -0.39 is 8.80 Å². The summed E-state index contributed by atoms with van der Waals surface area (Å²) >= 11 is 2.38. The van der Waals surface area contributed by atoms with Crippen LogP contribution in [0, 0.1) is 0 Å². The second-order valence-corrected chi connectivity index (χ2v) is 10.4. The largest absolute Gasteiger partial charge is 1.00 e. The zero-order valence-corrected chi connectivity index (χ0v) is 20.8. The van der Waals surface area contributed by atoms with E-state index in [2.05, 4.69) is 94.9 Å². The quantitative estimate of drug-likeness (QED) is 0.372. The molecule has 5 heteroatoms. The van der Waals surface area contributed by atoms with Crippen molar-refractivity contribution in [3.05, 3.63) is 80.9 Å². The van der Waals surface area contributed by atoms with Crippen LogP contribution in [0.1, 0.15) is 39.5 Å². The van der Waals surface area contributed by atoms with Crippen LogP contribution >= 0.6 is 0 Å². The van der Waals surface area contributed by atoms with Crippen LogP contribution in [0.25, 0.3) is 0 Å². The number of benzene rings is 2. The van der Waals surface area contributed by atoms with Crippen LogP contribution in [0.5, 0.6) is 0 Å². The molecule has 2 aromatic carbocycles. The van der Waals surface area contributed by atoms with Gasteiger partial charge >= 0.3 is 160 Å². The van der Waals surface area contributed by atoms with E-state index in [0.717, 1.165) is 0 Å². The molecule has 0 saturated heterocycles. The van der Waals surface area contributed by atoms with Gasteiger partial charge in [-0.15, -0.1) is 0 Å². The van der Waals surface area contributed by atoms with Crippen molar-refractivity contribution in [3.63, 3.8) is 0 Å². The summed E-state index contributed by atoms with van der Waals surface area (Å²) in [5.74, 6) is 0. The van der Waals surface area contributed by atoms with Gasteiger partial charge in [-0.3, -0.25) is 0 Å². The Morgan fingerprint density at radius 3 is 1.78 bits per heavy atom. The fourth-order valence-electron chi connectivity index (χ4n) is 3.71. The van der Waals surface area contributed by atoms with E-state index in [1.165, 1.54) is 25.7 Å². The van der Waals surface area contributed by atoms with Crippen molar-refractivity contribution in [1.82, 2.24) is 0 Å². The van der Waals surface area contributed by atoms with Gasteiger partial charge in [0.15, 0.2) is 0 Å². The molecule has 0 unspecified atom stereocenters. The molecule has 0 N–H and O–H groups in total. The summed E-state index contributed by atoms with van der Waals surface area (Å²) in [5, 5.41) is 4.82. The maximum Gasteiger partial charge on any atom is -1.00 e. The molecule has 3 rings (SSSR count). The molecule has 0 nitrogen and oxygen atoms in total. The first-order valence-electron chi connectivity index (χ1n) is 8.96. The molecule has 0 amide bonds. The van der Waals surface area contributed by atoms with Crippen LogP contribution in [0.3, 0.4) is 0 Å². The molecule has 0 saturated carbocycles. The SMILES string of the molecule is CCCCC1=C(C)CC([SiH](c2ccccc2)c2ccccc2)=[C]1[Ti+3].[Cl-].[Cl-].[Cl-]. The van der Waals surface area contributed by atoms with Gasteiger partial charge in [0.25, 0.3) is 0 Å². The first kappa shape index (κ1) is 26.7. The molecule has 142 valence electrons. The van der Waals surface area contributed by atoms with Crippen LogP contribution in [0.15, 0.2) is 80.9 Å². The molecular weight excluding hydrogens is 447 g/mol. The normalized spacial score (nSPS) is 13.2. The monoisotopic (exact) mass is 470 g/mol. The van der Waals surface area contributed by atoms with E-state index in [-0.39, 0.29) is 37.2 Å². The number of hydrogen-bond acceptors (Lipinski definition) is 0. The zero-order chi connectivity index (χ0) is 16.9. The average molecular weight is 472 g/mol. The molecule has 1 aliphatic rings. The Hall–Kier alpha value is -0.279. The number of hydrogen-bond donors (Lipinski definition) is 0. The summed E-state index contributed by atoms with van der Waals surface area (Å²) in [7, 11) is -1.33. The summed E-state index contributed by atoms with van der Waals surface area (Å²) in [6.07, 6.45) is 5.02. The first-order chi connectivity index (χ1) is 11.7. The molecule has 1 aliphatic carbocycles. The van der Waals surface area contributed by atoms with Crippen LogP contribution < -0.4 is 47.6 Å². The fraction of sp³-hybridized carbons (Fsp3) is 0.273. The Bertz CT molecular complexity index is 718. The predicted octanol–water partition coefficient (Wildman–Crippen LogP) is -4.71. The van der Waals surface area contributed by atoms with Crippen molar-refractivity contribution >= 4 is 19.2 Å². The van der Waals surface area contributed by atoms with Gasteiger partial charge in [-0.05, 0) is 0 Å².